The van der Waals surface area contributed by atoms with E-state index in [1.54, 1.807) is 48.4 Å². The lowest BCUT2D eigenvalue weighted by Crippen LogP contribution is -2.49. The monoisotopic (exact) mass is 423 g/mol. The Bertz CT molecular complexity index is 1010. The number of benzene rings is 2. The zero-order valence-electron chi connectivity index (χ0n) is 18.0. The first-order valence-electron chi connectivity index (χ1n) is 10.2. The summed E-state index contributed by atoms with van der Waals surface area (Å²) in [5, 5.41) is 9.66. The Balaban J connectivity index is 1.78. The minimum Gasteiger partial charge on any atom is -0.493 e. The molecule has 1 heterocycles. The van der Waals surface area contributed by atoms with Crippen LogP contribution in [0.4, 0.5) is 10.1 Å². The highest BCUT2D eigenvalue weighted by Crippen LogP contribution is 2.33. The number of piperazine rings is 1. The fourth-order valence-electron chi connectivity index (χ4n) is 3.50. The second-order valence-electron chi connectivity index (χ2n) is 7.45. The van der Waals surface area contributed by atoms with Crippen LogP contribution in [0.1, 0.15) is 19.4 Å². The number of nitrogens with zero attached hydrogens (tertiary/aromatic N) is 3. The number of carbonyl (C=O) groups is 1. The molecule has 7 heteroatoms. The molecule has 0 unspecified atom stereocenters. The second kappa shape index (κ2) is 9.98. The molecule has 0 saturated carbocycles. The van der Waals surface area contributed by atoms with Gasteiger partial charge in [0.15, 0.2) is 11.5 Å². The third-order valence-electron chi connectivity index (χ3n) is 4.99. The molecule has 1 aliphatic rings. The molecule has 1 saturated heterocycles. The van der Waals surface area contributed by atoms with E-state index in [9.17, 15) is 14.4 Å². The van der Waals surface area contributed by atoms with E-state index in [1.807, 2.05) is 24.8 Å². The molecular weight excluding hydrogens is 397 g/mol. The number of amides is 1. The minimum atomic E-state index is -0.353. The van der Waals surface area contributed by atoms with E-state index in [0.717, 1.165) is 0 Å². The molecule has 0 atom stereocenters. The summed E-state index contributed by atoms with van der Waals surface area (Å²) >= 11 is 0. The van der Waals surface area contributed by atoms with Crippen molar-refractivity contribution in [3.05, 3.63) is 59.4 Å². The van der Waals surface area contributed by atoms with Crippen molar-refractivity contribution >= 4 is 17.7 Å². The van der Waals surface area contributed by atoms with Gasteiger partial charge in [0.1, 0.15) is 17.5 Å². The van der Waals surface area contributed by atoms with Crippen LogP contribution in [0.3, 0.4) is 0 Å². The third kappa shape index (κ3) is 5.15. The number of carbonyl (C=O) groups excluding carboxylic acids is 1. The number of nitriles is 1. The van der Waals surface area contributed by atoms with Gasteiger partial charge in [0.25, 0.3) is 5.91 Å². The van der Waals surface area contributed by atoms with Crippen LogP contribution in [0, 0.1) is 17.1 Å². The summed E-state index contributed by atoms with van der Waals surface area (Å²) in [5.74, 6) is 0.389. The summed E-state index contributed by atoms with van der Waals surface area (Å²) in [6.07, 6.45) is 1.43. The van der Waals surface area contributed by atoms with Crippen LogP contribution in [0.2, 0.25) is 0 Å². The van der Waals surface area contributed by atoms with Gasteiger partial charge in [-0.2, -0.15) is 5.26 Å². The zero-order valence-corrected chi connectivity index (χ0v) is 18.0. The summed E-state index contributed by atoms with van der Waals surface area (Å²) in [6.45, 7) is 5.58. The van der Waals surface area contributed by atoms with Crippen LogP contribution in [-0.2, 0) is 4.79 Å². The highest BCUT2D eigenvalue weighted by atomic mass is 19.1. The minimum absolute atomic E-state index is 0.0150. The van der Waals surface area contributed by atoms with E-state index in [-0.39, 0.29) is 23.4 Å². The van der Waals surface area contributed by atoms with E-state index in [1.165, 1.54) is 12.1 Å². The molecule has 2 aromatic rings. The summed E-state index contributed by atoms with van der Waals surface area (Å²) < 4.78 is 25.3. The molecule has 0 bridgehead atoms. The van der Waals surface area contributed by atoms with Gasteiger partial charge < -0.3 is 19.3 Å². The molecule has 2 aromatic carbocycles. The van der Waals surface area contributed by atoms with Crippen LogP contribution in [0.25, 0.3) is 6.08 Å². The molecule has 1 amide bonds. The van der Waals surface area contributed by atoms with Crippen molar-refractivity contribution in [1.82, 2.24) is 4.90 Å². The maximum Gasteiger partial charge on any atom is 0.264 e. The Labute approximate surface area is 182 Å². The van der Waals surface area contributed by atoms with E-state index < -0.39 is 0 Å². The van der Waals surface area contributed by atoms with Gasteiger partial charge in [-0.15, -0.1) is 0 Å². The molecule has 6 nitrogen and oxygen atoms in total. The second-order valence-corrected chi connectivity index (χ2v) is 7.45. The Morgan fingerprint density at radius 2 is 1.84 bits per heavy atom. The quantitative estimate of drug-likeness (QED) is 0.521. The largest absolute Gasteiger partial charge is 0.493 e. The number of anilines is 1. The Kier molecular flexibility index (Phi) is 7.14. The number of methoxy groups -OCH3 is 1. The smallest absolute Gasteiger partial charge is 0.264 e. The Morgan fingerprint density at radius 3 is 2.45 bits per heavy atom. The number of halogens is 1. The van der Waals surface area contributed by atoms with Gasteiger partial charge in [0.05, 0.1) is 18.9 Å². The van der Waals surface area contributed by atoms with Crippen LogP contribution >= 0.6 is 0 Å². The van der Waals surface area contributed by atoms with Gasteiger partial charge in [-0.1, -0.05) is 24.3 Å². The number of ether oxygens (including phenoxy) is 2. The van der Waals surface area contributed by atoms with Crippen LogP contribution < -0.4 is 14.4 Å². The summed E-state index contributed by atoms with van der Waals surface area (Å²) in [4.78, 5) is 16.5. The molecule has 0 spiro atoms. The summed E-state index contributed by atoms with van der Waals surface area (Å²) in [6, 6.07) is 13.9. The zero-order chi connectivity index (χ0) is 22.4. The van der Waals surface area contributed by atoms with Crippen LogP contribution in [0.5, 0.6) is 11.5 Å². The van der Waals surface area contributed by atoms with Gasteiger partial charge in [0.2, 0.25) is 0 Å². The number of rotatable bonds is 6. The molecule has 0 N–H and O–H groups in total. The number of hydrogen-bond donors (Lipinski definition) is 0. The fourth-order valence-corrected chi connectivity index (χ4v) is 3.50. The average molecular weight is 423 g/mol. The van der Waals surface area contributed by atoms with Crippen molar-refractivity contribution in [2.45, 2.75) is 20.0 Å². The maximum absolute atomic E-state index is 14.0. The van der Waals surface area contributed by atoms with Crippen molar-refractivity contribution in [2.75, 3.05) is 38.2 Å². The van der Waals surface area contributed by atoms with Crippen molar-refractivity contribution in [3.63, 3.8) is 0 Å². The van der Waals surface area contributed by atoms with E-state index >= 15 is 0 Å². The molecule has 0 radical (unpaired) electrons. The normalized spacial score (nSPS) is 14.4. The molecule has 1 aliphatic heterocycles. The number of hydrogen-bond acceptors (Lipinski definition) is 5. The Morgan fingerprint density at radius 1 is 1.13 bits per heavy atom. The standard InChI is InChI=1S/C24H26FN3O3/c1-17(2)31-23-18(7-6-10-22(23)30-3)15-19(16-26)24(29)28-13-11-27(12-14-28)21-9-5-4-8-20(21)25/h4-10,15,17H,11-14H2,1-3H3/b19-15+. The lowest BCUT2D eigenvalue weighted by Gasteiger charge is -2.36. The molecule has 0 aliphatic carbocycles. The average Bonchev–Trinajstić information content (AvgIpc) is 2.78. The van der Waals surface area contributed by atoms with Gasteiger partial charge in [0, 0.05) is 31.7 Å². The molecule has 162 valence electrons. The first-order chi connectivity index (χ1) is 14.9. The molecule has 31 heavy (non-hydrogen) atoms. The number of para-hydroxylation sites is 2. The van der Waals surface area contributed by atoms with Crippen molar-refractivity contribution in [1.29, 1.82) is 5.26 Å². The summed E-state index contributed by atoms with van der Waals surface area (Å²) in [5.41, 5.74) is 1.14. The van der Waals surface area contributed by atoms with Crippen molar-refractivity contribution < 1.29 is 18.7 Å². The van der Waals surface area contributed by atoms with Gasteiger partial charge in [-0.05, 0) is 38.1 Å². The SMILES string of the molecule is COc1cccc(/C=C(\C#N)C(=O)N2CCN(c3ccccc3F)CC2)c1OC(C)C. The first kappa shape index (κ1) is 22.2. The topological polar surface area (TPSA) is 65.8 Å². The van der Waals surface area contributed by atoms with Crippen molar-refractivity contribution in [2.24, 2.45) is 0 Å². The predicted molar refractivity (Wildman–Crippen MR) is 118 cm³/mol. The van der Waals surface area contributed by atoms with Crippen LogP contribution in [0.15, 0.2) is 48.0 Å². The first-order valence-corrected chi connectivity index (χ1v) is 10.2. The van der Waals surface area contributed by atoms with Crippen molar-refractivity contribution in [3.8, 4) is 17.6 Å². The van der Waals surface area contributed by atoms with Gasteiger partial charge >= 0.3 is 0 Å². The Hall–Kier alpha value is -3.53. The molecule has 1 fully saturated rings. The molecule has 0 aromatic heterocycles. The van der Waals surface area contributed by atoms with E-state index in [4.69, 9.17) is 9.47 Å². The predicted octanol–water partition coefficient (Wildman–Crippen LogP) is 3.88. The molecular formula is C24H26FN3O3. The van der Waals surface area contributed by atoms with E-state index in [0.29, 0.717) is 48.9 Å². The lowest BCUT2D eigenvalue weighted by atomic mass is 10.1. The van der Waals surface area contributed by atoms with Gasteiger partial charge in [-0.25, -0.2) is 4.39 Å². The lowest BCUT2D eigenvalue weighted by molar-refractivity contribution is -0.126. The maximum atomic E-state index is 14.0. The van der Waals surface area contributed by atoms with Crippen LogP contribution in [-0.4, -0.2) is 50.2 Å². The highest BCUT2D eigenvalue weighted by Gasteiger charge is 2.25. The van der Waals surface area contributed by atoms with E-state index in [2.05, 4.69) is 0 Å². The molecule has 3 rings (SSSR count). The van der Waals surface area contributed by atoms with Gasteiger partial charge in [-0.3, -0.25) is 4.79 Å². The third-order valence-corrected chi connectivity index (χ3v) is 4.99. The summed E-state index contributed by atoms with van der Waals surface area (Å²) in [7, 11) is 1.54. The highest BCUT2D eigenvalue weighted by molar-refractivity contribution is 6.02. The fraction of sp³-hybridized carbons (Fsp3) is 0.333.